The van der Waals surface area contributed by atoms with Gasteiger partial charge >= 0.3 is 0 Å². The van der Waals surface area contributed by atoms with Gasteiger partial charge in [-0.15, -0.1) is 11.8 Å². The lowest BCUT2D eigenvalue weighted by molar-refractivity contribution is 0.299. The standard InChI is InChI=1S/C15H13NOS/c1-18-15-8-3-2-7-14(15)17-11-13-6-4-5-12(9-13)10-16/h2-9H,11H2,1H3. The number of benzene rings is 2. The van der Waals surface area contributed by atoms with E-state index in [-0.39, 0.29) is 0 Å². The molecule has 2 aromatic rings. The summed E-state index contributed by atoms with van der Waals surface area (Å²) in [5.41, 5.74) is 1.67. The molecule has 0 saturated carbocycles. The van der Waals surface area contributed by atoms with Crippen LogP contribution < -0.4 is 4.74 Å². The first kappa shape index (κ1) is 12.5. The van der Waals surface area contributed by atoms with Crippen molar-refractivity contribution in [1.82, 2.24) is 0 Å². The Bertz CT molecular complexity index is 575. The Morgan fingerprint density at radius 3 is 2.78 bits per heavy atom. The van der Waals surface area contributed by atoms with E-state index in [9.17, 15) is 0 Å². The van der Waals surface area contributed by atoms with E-state index in [4.69, 9.17) is 10.00 Å². The van der Waals surface area contributed by atoms with Crippen LogP contribution in [0.2, 0.25) is 0 Å². The smallest absolute Gasteiger partial charge is 0.133 e. The van der Waals surface area contributed by atoms with E-state index in [0.29, 0.717) is 12.2 Å². The SMILES string of the molecule is CSc1ccccc1OCc1cccc(C#N)c1. The van der Waals surface area contributed by atoms with E-state index < -0.39 is 0 Å². The zero-order valence-corrected chi connectivity index (χ0v) is 10.9. The van der Waals surface area contributed by atoms with Gasteiger partial charge in [-0.25, -0.2) is 0 Å². The molecule has 0 aliphatic heterocycles. The number of hydrogen-bond acceptors (Lipinski definition) is 3. The van der Waals surface area contributed by atoms with Crippen LogP contribution in [0.4, 0.5) is 0 Å². The molecule has 18 heavy (non-hydrogen) atoms. The van der Waals surface area contributed by atoms with Crippen LogP contribution in [0.3, 0.4) is 0 Å². The van der Waals surface area contributed by atoms with E-state index in [1.54, 1.807) is 17.8 Å². The largest absolute Gasteiger partial charge is 0.488 e. The van der Waals surface area contributed by atoms with Crippen LogP contribution in [0, 0.1) is 11.3 Å². The van der Waals surface area contributed by atoms with Crippen molar-refractivity contribution in [3.63, 3.8) is 0 Å². The lowest BCUT2D eigenvalue weighted by atomic mass is 10.1. The molecule has 3 heteroatoms. The summed E-state index contributed by atoms with van der Waals surface area (Å²) in [4.78, 5) is 1.12. The molecule has 0 bridgehead atoms. The van der Waals surface area contributed by atoms with Gasteiger partial charge in [-0.1, -0.05) is 24.3 Å². The molecule has 0 aliphatic carbocycles. The molecule has 0 unspecified atom stereocenters. The molecule has 2 nitrogen and oxygen atoms in total. The predicted molar refractivity (Wildman–Crippen MR) is 73.7 cm³/mol. The predicted octanol–water partition coefficient (Wildman–Crippen LogP) is 3.86. The fraction of sp³-hybridized carbons (Fsp3) is 0.133. The summed E-state index contributed by atoms with van der Waals surface area (Å²) in [6.07, 6.45) is 2.03. The van der Waals surface area contributed by atoms with Gasteiger partial charge in [0.15, 0.2) is 0 Å². The van der Waals surface area contributed by atoms with Gasteiger partial charge in [-0.05, 0) is 36.1 Å². The van der Waals surface area contributed by atoms with E-state index >= 15 is 0 Å². The molecule has 2 rings (SSSR count). The molecule has 90 valence electrons. The number of para-hydroxylation sites is 1. The lowest BCUT2D eigenvalue weighted by Crippen LogP contribution is -1.96. The molecule has 0 aliphatic rings. The highest BCUT2D eigenvalue weighted by Crippen LogP contribution is 2.27. The molecule has 0 saturated heterocycles. The van der Waals surface area contributed by atoms with Crippen molar-refractivity contribution in [1.29, 1.82) is 5.26 Å². The first-order valence-electron chi connectivity index (χ1n) is 5.58. The molecule has 0 N–H and O–H groups in total. The maximum atomic E-state index is 8.84. The Balaban J connectivity index is 2.09. The van der Waals surface area contributed by atoms with Crippen LogP contribution in [-0.2, 0) is 6.61 Å². The molecule has 0 spiro atoms. The zero-order chi connectivity index (χ0) is 12.8. The lowest BCUT2D eigenvalue weighted by Gasteiger charge is -2.09. The summed E-state index contributed by atoms with van der Waals surface area (Å²) in [6, 6.07) is 17.5. The molecular formula is C15H13NOS. The summed E-state index contributed by atoms with van der Waals surface area (Å²) in [5, 5.41) is 8.84. The fourth-order valence-corrected chi connectivity index (χ4v) is 2.17. The highest BCUT2D eigenvalue weighted by molar-refractivity contribution is 7.98. The molecule has 0 atom stereocenters. The monoisotopic (exact) mass is 255 g/mol. The van der Waals surface area contributed by atoms with Crippen LogP contribution in [0.15, 0.2) is 53.4 Å². The van der Waals surface area contributed by atoms with Gasteiger partial charge < -0.3 is 4.74 Å². The van der Waals surface area contributed by atoms with E-state index in [1.165, 1.54) is 0 Å². The van der Waals surface area contributed by atoms with Crippen molar-refractivity contribution in [2.24, 2.45) is 0 Å². The Kier molecular flexibility index (Phi) is 4.27. The molecule has 0 heterocycles. The maximum absolute atomic E-state index is 8.84. The molecule has 0 fully saturated rings. The molecule has 0 radical (unpaired) electrons. The van der Waals surface area contributed by atoms with Crippen molar-refractivity contribution in [3.8, 4) is 11.8 Å². The summed E-state index contributed by atoms with van der Waals surface area (Å²) >= 11 is 1.66. The van der Waals surface area contributed by atoms with Crippen LogP contribution in [0.1, 0.15) is 11.1 Å². The topological polar surface area (TPSA) is 33.0 Å². The molecule has 0 aromatic heterocycles. The Morgan fingerprint density at radius 2 is 2.00 bits per heavy atom. The summed E-state index contributed by atoms with van der Waals surface area (Å²) in [7, 11) is 0. The quantitative estimate of drug-likeness (QED) is 0.778. The van der Waals surface area contributed by atoms with Gasteiger partial charge in [0.05, 0.1) is 11.6 Å². The minimum Gasteiger partial charge on any atom is -0.488 e. The Hall–Kier alpha value is -1.92. The minimum atomic E-state index is 0.479. The van der Waals surface area contributed by atoms with Gasteiger partial charge in [0.1, 0.15) is 12.4 Å². The van der Waals surface area contributed by atoms with Gasteiger partial charge in [-0.2, -0.15) is 5.26 Å². The summed E-state index contributed by atoms with van der Waals surface area (Å²) < 4.78 is 5.78. The van der Waals surface area contributed by atoms with Gasteiger partial charge in [0.25, 0.3) is 0 Å². The van der Waals surface area contributed by atoms with Crippen molar-refractivity contribution < 1.29 is 4.74 Å². The number of thioether (sulfide) groups is 1. The summed E-state index contributed by atoms with van der Waals surface area (Å²) in [5.74, 6) is 0.882. The number of nitrogens with zero attached hydrogens (tertiary/aromatic N) is 1. The number of nitriles is 1. The van der Waals surface area contributed by atoms with E-state index in [1.807, 2.05) is 48.7 Å². The second-order valence-corrected chi connectivity index (χ2v) is 4.60. The normalized spacial score (nSPS) is 9.78. The van der Waals surface area contributed by atoms with Crippen molar-refractivity contribution in [2.75, 3.05) is 6.26 Å². The third-order valence-corrected chi connectivity index (χ3v) is 3.30. The fourth-order valence-electron chi connectivity index (χ4n) is 1.63. The molecular weight excluding hydrogens is 242 g/mol. The zero-order valence-electron chi connectivity index (χ0n) is 10.1. The Morgan fingerprint density at radius 1 is 1.17 bits per heavy atom. The van der Waals surface area contributed by atoms with Crippen molar-refractivity contribution in [3.05, 3.63) is 59.7 Å². The average molecular weight is 255 g/mol. The first-order chi connectivity index (χ1) is 8.83. The van der Waals surface area contributed by atoms with Crippen LogP contribution in [0.25, 0.3) is 0 Å². The van der Waals surface area contributed by atoms with E-state index in [2.05, 4.69) is 6.07 Å². The summed E-state index contributed by atoms with van der Waals surface area (Å²) in [6.45, 7) is 0.479. The Labute approximate surface area is 111 Å². The van der Waals surface area contributed by atoms with Gasteiger partial charge in [0.2, 0.25) is 0 Å². The number of hydrogen-bond donors (Lipinski definition) is 0. The maximum Gasteiger partial charge on any atom is 0.133 e. The highest BCUT2D eigenvalue weighted by Gasteiger charge is 2.02. The van der Waals surface area contributed by atoms with Crippen LogP contribution in [-0.4, -0.2) is 6.26 Å². The van der Waals surface area contributed by atoms with Gasteiger partial charge in [-0.3, -0.25) is 0 Å². The highest BCUT2D eigenvalue weighted by atomic mass is 32.2. The van der Waals surface area contributed by atoms with Gasteiger partial charge in [0, 0.05) is 4.90 Å². The van der Waals surface area contributed by atoms with Crippen molar-refractivity contribution in [2.45, 2.75) is 11.5 Å². The number of ether oxygens (including phenoxy) is 1. The van der Waals surface area contributed by atoms with Crippen molar-refractivity contribution >= 4 is 11.8 Å². The minimum absolute atomic E-state index is 0.479. The van der Waals surface area contributed by atoms with Crippen LogP contribution in [0.5, 0.6) is 5.75 Å². The van der Waals surface area contributed by atoms with Crippen LogP contribution >= 0.6 is 11.8 Å². The molecule has 0 amide bonds. The third-order valence-electron chi connectivity index (χ3n) is 2.52. The average Bonchev–Trinajstić information content (AvgIpc) is 2.45. The molecule has 2 aromatic carbocycles. The second-order valence-electron chi connectivity index (χ2n) is 3.75. The second kappa shape index (κ2) is 6.13. The first-order valence-corrected chi connectivity index (χ1v) is 6.81. The van der Waals surface area contributed by atoms with E-state index in [0.717, 1.165) is 16.2 Å². The third kappa shape index (κ3) is 3.06. The number of rotatable bonds is 4.